The number of nitrogens with zero attached hydrogens (tertiary/aromatic N) is 2. The fraction of sp³-hybridized carbons (Fsp3) is 0.333. The largest absolute Gasteiger partial charge is 0.462 e. The quantitative estimate of drug-likeness (QED) is 0.759. The van der Waals surface area contributed by atoms with E-state index in [1.165, 1.54) is 36.5 Å². The summed E-state index contributed by atoms with van der Waals surface area (Å²) in [6, 6.07) is 7.35. The second-order valence-corrected chi connectivity index (χ2v) is 7.72. The Labute approximate surface area is 157 Å². The predicted molar refractivity (Wildman–Crippen MR) is 99.2 cm³/mol. The maximum absolute atomic E-state index is 12.7. The number of esters is 1. The van der Waals surface area contributed by atoms with Gasteiger partial charge in [-0.3, -0.25) is 9.52 Å². The van der Waals surface area contributed by atoms with Gasteiger partial charge in [0.2, 0.25) is 0 Å². The number of hydrogen-bond acceptors (Lipinski definition) is 5. The summed E-state index contributed by atoms with van der Waals surface area (Å²) in [6.07, 6.45) is 1.47. The van der Waals surface area contributed by atoms with Gasteiger partial charge in [0.05, 0.1) is 12.2 Å². The van der Waals surface area contributed by atoms with Gasteiger partial charge in [0.25, 0.3) is 15.9 Å². The lowest BCUT2D eigenvalue weighted by Gasteiger charge is -2.26. The molecule has 1 aliphatic rings. The fourth-order valence-electron chi connectivity index (χ4n) is 2.89. The van der Waals surface area contributed by atoms with Gasteiger partial charge in [-0.1, -0.05) is 0 Å². The van der Waals surface area contributed by atoms with Crippen LogP contribution >= 0.6 is 0 Å². The number of benzene rings is 1. The number of sulfonamides is 1. The number of likely N-dealkylation sites (N-methyl/N-ethyl adjacent to an activating group) is 1. The van der Waals surface area contributed by atoms with Crippen molar-refractivity contribution in [2.45, 2.75) is 25.3 Å². The van der Waals surface area contributed by atoms with Crippen LogP contribution in [0.2, 0.25) is 0 Å². The first kappa shape index (κ1) is 19.0. The van der Waals surface area contributed by atoms with Crippen molar-refractivity contribution in [1.29, 1.82) is 0 Å². The summed E-state index contributed by atoms with van der Waals surface area (Å²) in [6.45, 7) is 5.55. The molecule has 1 N–H and O–H groups in total. The Morgan fingerprint density at radius 3 is 2.52 bits per heavy atom. The zero-order valence-corrected chi connectivity index (χ0v) is 16.0. The highest BCUT2D eigenvalue weighted by Crippen LogP contribution is 2.22. The van der Waals surface area contributed by atoms with Crippen LogP contribution in [0.25, 0.3) is 0 Å². The van der Waals surface area contributed by atoms with E-state index < -0.39 is 16.0 Å². The first-order valence-corrected chi connectivity index (χ1v) is 10.1. The van der Waals surface area contributed by atoms with Crippen LogP contribution < -0.4 is 4.72 Å². The molecule has 2 heterocycles. The number of nitrogens with one attached hydrogen (secondary N) is 1. The SMILES string of the molecule is CCOC(=O)c1ccc(NS(=O)(=O)c2cc3n(c2)CCN(CC)C3=O)cc1. The topological polar surface area (TPSA) is 97.7 Å². The van der Waals surface area contributed by atoms with Crippen molar-refractivity contribution in [3.8, 4) is 0 Å². The van der Waals surface area contributed by atoms with E-state index in [0.717, 1.165) is 0 Å². The second-order valence-electron chi connectivity index (χ2n) is 6.04. The summed E-state index contributed by atoms with van der Waals surface area (Å²) >= 11 is 0. The van der Waals surface area contributed by atoms with Gasteiger partial charge in [0.15, 0.2) is 0 Å². The first-order chi connectivity index (χ1) is 12.9. The predicted octanol–water partition coefficient (Wildman–Crippen LogP) is 1.94. The molecule has 0 aliphatic carbocycles. The molecular formula is C18H21N3O5S. The molecule has 2 aromatic rings. The molecule has 27 heavy (non-hydrogen) atoms. The normalized spacial score (nSPS) is 14.0. The van der Waals surface area contributed by atoms with Gasteiger partial charge in [-0.05, 0) is 44.2 Å². The van der Waals surface area contributed by atoms with Crippen molar-refractivity contribution < 1.29 is 22.7 Å². The molecule has 144 valence electrons. The van der Waals surface area contributed by atoms with E-state index >= 15 is 0 Å². The average molecular weight is 391 g/mol. The van der Waals surface area contributed by atoms with E-state index in [9.17, 15) is 18.0 Å². The Kier molecular flexibility index (Phi) is 5.22. The van der Waals surface area contributed by atoms with E-state index in [1.54, 1.807) is 16.4 Å². The monoisotopic (exact) mass is 391 g/mol. The number of carbonyl (C=O) groups is 2. The molecular weight excluding hydrogens is 370 g/mol. The summed E-state index contributed by atoms with van der Waals surface area (Å²) in [5, 5.41) is 0. The van der Waals surface area contributed by atoms with Crippen molar-refractivity contribution in [3.05, 3.63) is 47.8 Å². The van der Waals surface area contributed by atoms with Gasteiger partial charge in [-0.25, -0.2) is 13.2 Å². The zero-order valence-electron chi connectivity index (χ0n) is 15.1. The molecule has 0 atom stereocenters. The van der Waals surface area contributed by atoms with Crippen molar-refractivity contribution in [2.75, 3.05) is 24.4 Å². The Morgan fingerprint density at radius 2 is 1.89 bits per heavy atom. The Bertz CT molecular complexity index is 963. The fourth-order valence-corrected chi connectivity index (χ4v) is 3.99. The molecule has 8 nitrogen and oxygen atoms in total. The van der Waals surface area contributed by atoms with Crippen LogP contribution in [0.1, 0.15) is 34.7 Å². The Hall–Kier alpha value is -2.81. The molecule has 9 heteroatoms. The number of rotatable bonds is 6. The second kappa shape index (κ2) is 7.43. The van der Waals surface area contributed by atoms with Crippen molar-refractivity contribution in [3.63, 3.8) is 0 Å². The lowest BCUT2D eigenvalue weighted by atomic mass is 10.2. The van der Waals surface area contributed by atoms with Gasteiger partial charge in [-0.15, -0.1) is 0 Å². The van der Waals surface area contributed by atoms with E-state index in [0.29, 0.717) is 36.6 Å². The molecule has 1 aliphatic heterocycles. The van der Waals surface area contributed by atoms with Gasteiger partial charge >= 0.3 is 5.97 Å². The van der Waals surface area contributed by atoms with Gasteiger partial charge in [0, 0.05) is 31.5 Å². The third kappa shape index (κ3) is 3.82. The Balaban J connectivity index is 1.80. The van der Waals surface area contributed by atoms with E-state index in [-0.39, 0.29) is 17.4 Å². The average Bonchev–Trinajstić information content (AvgIpc) is 3.09. The lowest BCUT2D eigenvalue weighted by Crippen LogP contribution is -2.39. The molecule has 0 bridgehead atoms. The summed E-state index contributed by atoms with van der Waals surface area (Å²) in [5.74, 6) is -0.644. The first-order valence-electron chi connectivity index (χ1n) is 8.65. The molecule has 0 saturated carbocycles. The number of hydrogen-bond donors (Lipinski definition) is 1. The minimum absolute atomic E-state index is 0.0262. The van der Waals surface area contributed by atoms with Crippen LogP contribution in [-0.2, 0) is 21.3 Å². The number of carbonyl (C=O) groups excluding carboxylic acids is 2. The van der Waals surface area contributed by atoms with Crippen LogP contribution in [0.4, 0.5) is 5.69 Å². The molecule has 0 unspecified atom stereocenters. The van der Waals surface area contributed by atoms with Crippen LogP contribution in [0.3, 0.4) is 0 Å². The third-order valence-electron chi connectivity index (χ3n) is 4.33. The maximum Gasteiger partial charge on any atom is 0.338 e. The number of aromatic nitrogens is 1. The molecule has 1 aromatic carbocycles. The summed E-state index contributed by atoms with van der Waals surface area (Å²) < 4.78 is 34.3. The Morgan fingerprint density at radius 1 is 1.19 bits per heavy atom. The number of fused-ring (bicyclic) bond motifs is 1. The number of anilines is 1. The molecule has 1 amide bonds. The smallest absolute Gasteiger partial charge is 0.338 e. The molecule has 3 rings (SSSR count). The summed E-state index contributed by atoms with van der Waals surface area (Å²) in [7, 11) is -3.86. The molecule has 0 radical (unpaired) electrons. The highest BCUT2D eigenvalue weighted by Gasteiger charge is 2.27. The van der Waals surface area contributed by atoms with E-state index in [4.69, 9.17) is 4.74 Å². The molecule has 0 fully saturated rings. The third-order valence-corrected chi connectivity index (χ3v) is 5.68. The number of ether oxygens (including phenoxy) is 1. The van der Waals surface area contributed by atoms with Crippen LogP contribution in [-0.4, -0.2) is 49.5 Å². The summed E-state index contributed by atoms with van der Waals surface area (Å²) in [5.41, 5.74) is 1.01. The number of amides is 1. The van der Waals surface area contributed by atoms with Crippen LogP contribution in [0.15, 0.2) is 41.4 Å². The molecule has 0 spiro atoms. The van der Waals surface area contributed by atoms with Crippen molar-refractivity contribution in [1.82, 2.24) is 9.47 Å². The van der Waals surface area contributed by atoms with Crippen molar-refractivity contribution >= 4 is 27.6 Å². The van der Waals surface area contributed by atoms with E-state index in [2.05, 4.69) is 4.72 Å². The summed E-state index contributed by atoms with van der Waals surface area (Å²) in [4.78, 5) is 25.7. The van der Waals surface area contributed by atoms with Gasteiger partial charge in [0.1, 0.15) is 10.6 Å². The highest BCUT2D eigenvalue weighted by atomic mass is 32.2. The lowest BCUT2D eigenvalue weighted by molar-refractivity contribution is 0.0526. The van der Waals surface area contributed by atoms with E-state index in [1.807, 2.05) is 6.92 Å². The molecule has 1 aromatic heterocycles. The maximum atomic E-state index is 12.7. The van der Waals surface area contributed by atoms with Gasteiger partial charge < -0.3 is 14.2 Å². The van der Waals surface area contributed by atoms with Crippen molar-refractivity contribution in [2.24, 2.45) is 0 Å². The van der Waals surface area contributed by atoms with Gasteiger partial charge in [-0.2, -0.15) is 0 Å². The zero-order chi connectivity index (χ0) is 19.6. The standard InChI is InChI=1S/C18H21N3O5S/c1-3-20-9-10-21-12-15(11-16(21)17(20)22)27(24,25)19-14-7-5-13(6-8-14)18(23)26-4-2/h5-8,11-12,19H,3-4,9-10H2,1-2H3. The van der Waals surface area contributed by atoms with Crippen LogP contribution in [0.5, 0.6) is 0 Å². The molecule has 0 saturated heterocycles. The van der Waals surface area contributed by atoms with Crippen LogP contribution in [0, 0.1) is 0 Å². The minimum atomic E-state index is -3.86. The highest BCUT2D eigenvalue weighted by molar-refractivity contribution is 7.92. The minimum Gasteiger partial charge on any atom is -0.462 e.